The zero-order valence-corrected chi connectivity index (χ0v) is 19.2. The number of nitrogens with zero attached hydrogens (tertiary/aromatic N) is 2. The Hall–Kier alpha value is -1.47. The van der Waals surface area contributed by atoms with Crippen LogP contribution >= 0.6 is 35.6 Å². The summed E-state index contributed by atoms with van der Waals surface area (Å²) in [6.45, 7) is 2.15. The average molecular weight is 511 g/mol. The van der Waals surface area contributed by atoms with E-state index in [1.807, 2.05) is 19.2 Å². The fraction of sp³-hybridized carbons (Fsp3) is 0.409. The van der Waals surface area contributed by atoms with Crippen LogP contribution in [0.2, 0.25) is 5.02 Å². The molecular weight excluding hydrogens is 483 g/mol. The molecule has 1 aliphatic carbocycles. The molecule has 6 heteroatoms. The molecule has 4 rings (SSSR count). The van der Waals surface area contributed by atoms with Crippen molar-refractivity contribution >= 4 is 47.2 Å². The number of anilines is 1. The second kappa shape index (κ2) is 9.83. The number of hydrogen-bond acceptors (Lipinski definition) is 2. The normalized spacial score (nSPS) is 22.4. The van der Waals surface area contributed by atoms with Gasteiger partial charge in [-0.25, -0.2) is 0 Å². The van der Waals surface area contributed by atoms with Crippen LogP contribution in [0.1, 0.15) is 30.7 Å². The average Bonchev–Trinajstić information content (AvgIpc) is 3.48. The molecule has 2 aromatic carbocycles. The smallest absolute Gasteiger partial charge is 0.191 e. The van der Waals surface area contributed by atoms with Crippen LogP contribution in [0.15, 0.2) is 59.6 Å². The number of nitrogens with one attached hydrogen (secondary N) is 2. The van der Waals surface area contributed by atoms with Gasteiger partial charge in [-0.05, 0) is 49.1 Å². The van der Waals surface area contributed by atoms with Crippen molar-refractivity contribution in [2.45, 2.75) is 37.3 Å². The van der Waals surface area contributed by atoms with E-state index in [1.54, 1.807) is 0 Å². The fourth-order valence-corrected chi connectivity index (χ4v) is 4.12. The van der Waals surface area contributed by atoms with E-state index < -0.39 is 0 Å². The molecule has 28 heavy (non-hydrogen) atoms. The second-order valence-electron chi connectivity index (χ2n) is 7.46. The third-order valence-electron chi connectivity index (χ3n) is 5.57. The van der Waals surface area contributed by atoms with Crippen LogP contribution in [-0.2, 0) is 0 Å². The molecule has 4 nitrogen and oxygen atoms in total. The van der Waals surface area contributed by atoms with Gasteiger partial charge in [0.05, 0.1) is 0 Å². The maximum Gasteiger partial charge on any atom is 0.191 e. The molecular formula is C22H28ClIN4. The topological polar surface area (TPSA) is 39.7 Å². The number of hydrogen-bond donors (Lipinski definition) is 2. The Labute approximate surface area is 189 Å². The van der Waals surface area contributed by atoms with Crippen molar-refractivity contribution in [1.29, 1.82) is 0 Å². The molecule has 2 N–H and O–H groups in total. The summed E-state index contributed by atoms with van der Waals surface area (Å²) in [4.78, 5) is 6.90. The van der Waals surface area contributed by atoms with Crippen LogP contribution in [0.5, 0.6) is 0 Å². The van der Waals surface area contributed by atoms with E-state index in [0.29, 0.717) is 18.0 Å². The summed E-state index contributed by atoms with van der Waals surface area (Å²) in [7, 11) is 1.85. The molecule has 0 radical (unpaired) electrons. The van der Waals surface area contributed by atoms with Crippen LogP contribution < -0.4 is 15.5 Å². The fourth-order valence-electron chi connectivity index (χ4n) is 3.92. The lowest BCUT2D eigenvalue weighted by molar-refractivity contribution is 0.461. The highest BCUT2D eigenvalue weighted by molar-refractivity contribution is 14.0. The van der Waals surface area contributed by atoms with Gasteiger partial charge >= 0.3 is 0 Å². The number of benzene rings is 2. The Kier molecular flexibility index (Phi) is 7.46. The molecule has 150 valence electrons. The minimum atomic E-state index is 0. The van der Waals surface area contributed by atoms with Gasteiger partial charge in [0.1, 0.15) is 0 Å². The predicted octanol–water partition coefficient (Wildman–Crippen LogP) is 4.65. The van der Waals surface area contributed by atoms with Crippen LogP contribution in [0.4, 0.5) is 5.69 Å². The van der Waals surface area contributed by atoms with Gasteiger partial charge < -0.3 is 15.5 Å². The summed E-state index contributed by atoms with van der Waals surface area (Å²) in [5.41, 5.74) is 2.63. The first-order valence-corrected chi connectivity index (χ1v) is 10.2. The molecule has 2 aromatic rings. The molecule has 0 aromatic heterocycles. The molecule has 1 heterocycles. The Morgan fingerprint density at radius 2 is 1.79 bits per heavy atom. The Morgan fingerprint density at radius 1 is 1.04 bits per heavy atom. The highest BCUT2D eigenvalue weighted by Crippen LogP contribution is 2.41. The minimum Gasteiger partial charge on any atom is -0.371 e. The van der Waals surface area contributed by atoms with Gasteiger partial charge in [-0.2, -0.15) is 0 Å². The van der Waals surface area contributed by atoms with Gasteiger partial charge in [-0.15, -0.1) is 24.0 Å². The number of piperidine rings is 1. The molecule has 2 aliphatic rings. The van der Waals surface area contributed by atoms with Crippen molar-refractivity contribution in [3.63, 3.8) is 0 Å². The number of aliphatic imine (C=N–C) groups is 1. The summed E-state index contributed by atoms with van der Waals surface area (Å²) < 4.78 is 0. The third-order valence-corrected chi connectivity index (χ3v) is 5.81. The van der Waals surface area contributed by atoms with Gasteiger partial charge in [0.15, 0.2) is 5.96 Å². The molecule has 0 bridgehead atoms. The molecule has 2 fully saturated rings. The summed E-state index contributed by atoms with van der Waals surface area (Å²) >= 11 is 6.12. The summed E-state index contributed by atoms with van der Waals surface area (Å²) in [6.07, 6.45) is 3.38. The van der Waals surface area contributed by atoms with Crippen molar-refractivity contribution < 1.29 is 0 Å². The first-order chi connectivity index (χ1) is 13.2. The number of rotatable bonds is 4. The molecule has 2 unspecified atom stereocenters. The summed E-state index contributed by atoms with van der Waals surface area (Å²) in [6, 6.07) is 19.8. The maximum atomic E-state index is 6.12. The van der Waals surface area contributed by atoms with Crippen molar-refractivity contribution in [3.05, 3.63) is 65.2 Å². The monoisotopic (exact) mass is 510 g/mol. The highest BCUT2D eigenvalue weighted by atomic mass is 127. The van der Waals surface area contributed by atoms with Gasteiger partial charge in [0.2, 0.25) is 0 Å². The lowest BCUT2D eigenvalue weighted by atomic mass is 10.0. The number of para-hydroxylation sites is 1. The molecule has 2 atom stereocenters. The van der Waals surface area contributed by atoms with E-state index in [2.05, 4.69) is 63.0 Å². The highest BCUT2D eigenvalue weighted by Gasteiger charge is 2.39. The molecule has 0 spiro atoms. The molecule has 0 amide bonds. The Balaban J connectivity index is 0.00000225. The Bertz CT molecular complexity index is 790. The van der Waals surface area contributed by atoms with Crippen molar-refractivity contribution in [2.75, 3.05) is 25.0 Å². The van der Waals surface area contributed by atoms with E-state index in [-0.39, 0.29) is 24.0 Å². The van der Waals surface area contributed by atoms with Crippen LogP contribution in [0.3, 0.4) is 0 Å². The zero-order chi connectivity index (χ0) is 18.6. The molecule has 1 saturated carbocycles. The van der Waals surface area contributed by atoms with Crippen LogP contribution in [0, 0.1) is 0 Å². The van der Waals surface area contributed by atoms with E-state index in [1.165, 1.54) is 11.3 Å². The SMILES string of the molecule is CN=C(NC1CCN(c2ccccc2)CC1)NC1CC1c1cccc(Cl)c1.I. The number of guanidine groups is 1. The summed E-state index contributed by atoms with van der Waals surface area (Å²) in [5, 5.41) is 8.01. The maximum absolute atomic E-state index is 6.12. The van der Waals surface area contributed by atoms with E-state index in [0.717, 1.165) is 43.3 Å². The van der Waals surface area contributed by atoms with E-state index in [9.17, 15) is 0 Å². The van der Waals surface area contributed by atoms with Crippen molar-refractivity contribution in [1.82, 2.24) is 10.6 Å². The quantitative estimate of drug-likeness (QED) is 0.357. The minimum absolute atomic E-state index is 0. The second-order valence-corrected chi connectivity index (χ2v) is 7.90. The predicted molar refractivity (Wildman–Crippen MR) is 129 cm³/mol. The van der Waals surface area contributed by atoms with Gasteiger partial charge in [0.25, 0.3) is 0 Å². The third kappa shape index (κ3) is 5.32. The summed E-state index contributed by atoms with van der Waals surface area (Å²) in [5.74, 6) is 1.45. The van der Waals surface area contributed by atoms with Crippen molar-refractivity contribution in [2.24, 2.45) is 4.99 Å². The Morgan fingerprint density at radius 3 is 2.46 bits per heavy atom. The van der Waals surface area contributed by atoms with Crippen molar-refractivity contribution in [3.8, 4) is 0 Å². The van der Waals surface area contributed by atoms with E-state index in [4.69, 9.17) is 11.6 Å². The van der Waals surface area contributed by atoms with Gasteiger partial charge in [-0.1, -0.05) is 41.9 Å². The molecule has 1 aliphatic heterocycles. The van der Waals surface area contributed by atoms with E-state index >= 15 is 0 Å². The zero-order valence-electron chi connectivity index (χ0n) is 16.1. The largest absolute Gasteiger partial charge is 0.371 e. The lowest BCUT2D eigenvalue weighted by Gasteiger charge is -2.34. The number of halogens is 2. The first kappa shape index (κ1) is 21.2. The van der Waals surface area contributed by atoms with Crippen LogP contribution in [0.25, 0.3) is 0 Å². The van der Waals surface area contributed by atoms with Gasteiger partial charge in [-0.3, -0.25) is 4.99 Å². The molecule has 1 saturated heterocycles. The first-order valence-electron chi connectivity index (χ1n) is 9.78. The standard InChI is InChI=1S/C22H27ClN4.HI/c1-24-22(26-21-15-20(21)16-6-5-7-17(23)14-16)25-18-10-12-27(13-11-18)19-8-3-2-4-9-19;/h2-9,14,18,20-21H,10-13,15H2,1H3,(H2,24,25,26);1H. The van der Waals surface area contributed by atoms with Crippen LogP contribution in [-0.4, -0.2) is 38.2 Å². The lowest BCUT2D eigenvalue weighted by Crippen LogP contribution is -2.49. The van der Waals surface area contributed by atoms with Gasteiger partial charge in [0, 0.05) is 48.8 Å².